The molecule has 3 nitrogen and oxygen atoms in total. The van der Waals surface area contributed by atoms with Crippen molar-refractivity contribution in [3.63, 3.8) is 0 Å². The van der Waals surface area contributed by atoms with Gasteiger partial charge in [0.2, 0.25) is 0 Å². The molecule has 0 bridgehead atoms. The molecule has 0 spiro atoms. The number of methoxy groups -OCH3 is 1. The number of pyridine rings is 1. The predicted molar refractivity (Wildman–Crippen MR) is 41.7 cm³/mol. The molecule has 0 fully saturated rings. The number of imidazole rings is 1. The molecule has 0 aliphatic rings. The van der Waals surface area contributed by atoms with E-state index in [9.17, 15) is 0 Å². The maximum Gasteiger partial charge on any atom is 0.300 e. The van der Waals surface area contributed by atoms with Crippen LogP contribution in [0.5, 0.6) is 6.01 Å². The van der Waals surface area contributed by atoms with Crippen molar-refractivity contribution in [1.29, 1.82) is 0 Å². The van der Waals surface area contributed by atoms with E-state index in [1.807, 2.05) is 28.8 Å². The highest BCUT2D eigenvalue weighted by molar-refractivity contribution is 5.46. The molecule has 11 heavy (non-hydrogen) atoms. The predicted octanol–water partition coefficient (Wildman–Crippen LogP) is 1.34. The second-order valence-electron chi connectivity index (χ2n) is 2.24. The van der Waals surface area contributed by atoms with E-state index in [0.29, 0.717) is 6.01 Å². The Labute approximate surface area is 64.2 Å². The van der Waals surface area contributed by atoms with Crippen molar-refractivity contribution in [3.05, 3.63) is 30.6 Å². The summed E-state index contributed by atoms with van der Waals surface area (Å²) in [6, 6.07) is 6.52. The van der Waals surface area contributed by atoms with Gasteiger partial charge in [0, 0.05) is 6.20 Å². The van der Waals surface area contributed by atoms with Crippen molar-refractivity contribution in [2.75, 3.05) is 7.11 Å². The summed E-state index contributed by atoms with van der Waals surface area (Å²) in [6.45, 7) is 0. The van der Waals surface area contributed by atoms with Crippen LogP contribution in [0.4, 0.5) is 0 Å². The second-order valence-corrected chi connectivity index (χ2v) is 2.24. The van der Waals surface area contributed by atoms with E-state index in [4.69, 9.17) is 4.74 Å². The minimum atomic E-state index is 0.626. The lowest BCUT2D eigenvalue weighted by molar-refractivity contribution is 0.378. The van der Waals surface area contributed by atoms with Gasteiger partial charge in [-0.25, -0.2) is 4.98 Å². The number of hydrogen-bond donors (Lipinski definition) is 0. The lowest BCUT2D eigenvalue weighted by Gasteiger charge is -1.96. The Morgan fingerprint density at radius 1 is 1.45 bits per heavy atom. The molecule has 3 heteroatoms. The fourth-order valence-electron chi connectivity index (χ4n) is 1.07. The van der Waals surface area contributed by atoms with Crippen LogP contribution in [0.15, 0.2) is 30.6 Å². The zero-order valence-corrected chi connectivity index (χ0v) is 6.19. The van der Waals surface area contributed by atoms with Crippen LogP contribution >= 0.6 is 0 Å². The van der Waals surface area contributed by atoms with Gasteiger partial charge >= 0.3 is 6.01 Å². The first-order valence-corrected chi connectivity index (χ1v) is 3.38. The van der Waals surface area contributed by atoms with Gasteiger partial charge in [-0.15, -0.1) is 0 Å². The molecule has 0 atom stereocenters. The summed E-state index contributed by atoms with van der Waals surface area (Å²) < 4.78 is 6.91. The van der Waals surface area contributed by atoms with Crippen LogP contribution < -0.4 is 4.74 Å². The van der Waals surface area contributed by atoms with Crippen LogP contribution in [-0.2, 0) is 0 Å². The SMILES string of the molecule is COc1ncc2ccccn12. The summed E-state index contributed by atoms with van der Waals surface area (Å²) in [4.78, 5) is 4.05. The third kappa shape index (κ3) is 0.852. The number of fused-ring (bicyclic) bond motifs is 1. The van der Waals surface area contributed by atoms with Gasteiger partial charge in [0.05, 0.1) is 18.8 Å². The van der Waals surface area contributed by atoms with Gasteiger partial charge < -0.3 is 4.74 Å². The molecule has 0 aromatic carbocycles. The van der Waals surface area contributed by atoms with E-state index in [2.05, 4.69) is 4.98 Å². The zero-order valence-electron chi connectivity index (χ0n) is 6.19. The molecule has 0 amide bonds. The molecule has 2 rings (SSSR count). The minimum absolute atomic E-state index is 0.626. The average Bonchev–Trinajstić information content (AvgIpc) is 2.47. The van der Waals surface area contributed by atoms with Gasteiger partial charge in [0.25, 0.3) is 0 Å². The maximum atomic E-state index is 5.02. The van der Waals surface area contributed by atoms with Crippen LogP contribution in [0.1, 0.15) is 0 Å². The summed E-state index contributed by atoms with van der Waals surface area (Å²) in [6.07, 6.45) is 3.69. The number of nitrogens with zero attached hydrogens (tertiary/aromatic N) is 2. The molecule has 0 aliphatic heterocycles. The van der Waals surface area contributed by atoms with Crippen molar-refractivity contribution in [2.45, 2.75) is 0 Å². The highest BCUT2D eigenvalue weighted by atomic mass is 16.5. The topological polar surface area (TPSA) is 26.5 Å². The number of hydrogen-bond acceptors (Lipinski definition) is 2. The summed E-state index contributed by atoms with van der Waals surface area (Å²) in [7, 11) is 1.61. The van der Waals surface area contributed by atoms with Gasteiger partial charge in [-0.3, -0.25) is 4.40 Å². The average molecular weight is 148 g/mol. The highest BCUT2D eigenvalue weighted by Gasteiger charge is 1.98. The maximum absolute atomic E-state index is 5.02. The summed E-state index contributed by atoms with van der Waals surface area (Å²) >= 11 is 0. The van der Waals surface area contributed by atoms with Gasteiger partial charge in [0.15, 0.2) is 0 Å². The van der Waals surface area contributed by atoms with Crippen molar-refractivity contribution in [1.82, 2.24) is 9.38 Å². The highest BCUT2D eigenvalue weighted by Crippen LogP contribution is 2.11. The molecule has 0 saturated heterocycles. The number of rotatable bonds is 1. The van der Waals surface area contributed by atoms with Crippen LogP contribution in [0, 0.1) is 0 Å². The lowest BCUT2D eigenvalue weighted by Crippen LogP contribution is -1.89. The van der Waals surface area contributed by atoms with Crippen LogP contribution in [0.3, 0.4) is 0 Å². The van der Waals surface area contributed by atoms with Gasteiger partial charge in [-0.1, -0.05) is 6.07 Å². The molecule has 2 aromatic heterocycles. The van der Waals surface area contributed by atoms with Crippen molar-refractivity contribution >= 4 is 5.52 Å². The van der Waals surface area contributed by atoms with E-state index in [0.717, 1.165) is 5.52 Å². The summed E-state index contributed by atoms with van der Waals surface area (Å²) in [5.41, 5.74) is 1.05. The molecule has 0 unspecified atom stereocenters. The first-order valence-electron chi connectivity index (χ1n) is 3.38. The lowest BCUT2D eigenvalue weighted by atomic mass is 10.4. The first-order chi connectivity index (χ1) is 5.42. The molecular formula is C8H8N2O. The van der Waals surface area contributed by atoms with Gasteiger partial charge in [-0.05, 0) is 12.1 Å². The van der Waals surface area contributed by atoms with E-state index < -0.39 is 0 Å². The molecule has 2 heterocycles. The Balaban J connectivity index is 2.76. The number of aromatic nitrogens is 2. The Bertz CT molecular complexity index is 367. The molecular weight excluding hydrogens is 140 g/mol. The standard InChI is InChI=1S/C8H8N2O/c1-11-8-9-6-7-4-2-3-5-10(7)8/h2-6H,1H3. The zero-order chi connectivity index (χ0) is 7.68. The monoisotopic (exact) mass is 148 g/mol. The fraction of sp³-hybridized carbons (Fsp3) is 0.125. The third-order valence-electron chi connectivity index (χ3n) is 1.59. The van der Waals surface area contributed by atoms with Crippen LogP contribution in [-0.4, -0.2) is 16.5 Å². The van der Waals surface area contributed by atoms with E-state index in [-0.39, 0.29) is 0 Å². The molecule has 0 aliphatic carbocycles. The van der Waals surface area contributed by atoms with Crippen molar-refractivity contribution < 1.29 is 4.74 Å². The quantitative estimate of drug-likeness (QED) is 0.610. The van der Waals surface area contributed by atoms with Crippen molar-refractivity contribution in [3.8, 4) is 6.01 Å². The Kier molecular flexibility index (Phi) is 1.28. The number of ether oxygens (including phenoxy) is 1. The largest absolute Gasteiger partial charge is 0.468 e. The van der Waals surface area contributed by atoms with Crippen LogP contribution in [0.25, 0.3) is 5.52 Å². The van der Waals surface area contributed by atoms with Gasteiger partial charge in [0.1, 0.15) is 0 Å². The summed E-state index contributed by atoms with van der Waals surface area (Å²) in [5.74, 6) is 0. The minimum Gasteiger partial charge on any atom is -0.468 e. The smallest absolute Gasteiger partial charge is 0.300 e. The summed E-state index contributed by atoms with van der Waals surface area (Å²) in [5, 5.41) is 0. The van der Waals surface area contributed by atoms with Gasteiger partial charge in [-0.2, -0.15) is 0 Å². The van der Waals surface area contributed by atoms with Crippen LogP contribution in [0.2, 0.25) is 0 Å². The molecule has 0 radical (unpaired) electrons. The first kappa shape index (κ1) is 6.22. The molecule has 0 N–H and O–H groups in total. The second kappa shape index (κ2) is 2.27. The fourth-order valence-corrected chi connectivity index (χ4v) is 1.07. The molecule has 0 saturated carbocycles. The molecule has 2 aromatic rings. The normalized spacial score (nSPS) is 10.3. The van der Waals surface area contributed by atoms with E-state index in [1.54, 1.807) is 13.3 Å². The third-order valence-corrected chi connectivity index (χ3v) is 1.59. The Morgan fingerprint density at radius 2 is 2.36 bits per heavy atom. The van der Waals surface area contributed by atoms with E-state index >= 15 is 0 Å². The van der Waals surface area contributed by atoms with E-state index in [1.165, 1.54) is 0 Å². The Morgan fingerprint density at radius 3 is 3.18 bits per heavy atom. The molecule has 56 valence electrons. The Hall–Kier alpha value is -1.51. The van der Waals surface area contributed by atoms with Crippen molar-refractivity contribution in [2.24, 2.45) is 0 Å².